The summed E-state index contributed by atoms with van der Waals surface area (Å²) in [5, 5.41) is 0.918. The largest absolute Gasteiger partial charge is 0.383 e. The molecule has 0 aliphatic heterocycles. The van der Waals surface area contributed by atoms with Crippen molar-refractivity contribution in [2.24, 2.45) is 11.7 Å². The van der Waals surface area contributed by atoms with Gasteiger partial charge in [0, 0.05) is 5.39 Å². The van der Waals surface area contributed by atoms with Crippen LogP contribution in [0.1, 0.15) is 12.7 Å². The molecule has 0 aliphatic rings. The van der Waals surface area contributed by atoms with Gasteiger partial charge >= 0.3 is 0 Å². The van der Waals surface area contributed by atoms with E-state index in [0.717, 1.165) is 28.2 Å². The zero-order valence-corrected chi connectivity index (χ0v) is 11.3. The Bertz CT molecular complexity index is 529. The van der Waals surface area contributed by atoms with Crippen LogP contribution in [-0.2, 0) is 5.75 Å². The van der Waals surface area contributed by atoms with E-state index in [1.54, 1.807) is 11.8 Å². The zero-order valence-electron chi connectivity index (χ0n) is 10.5. The van der Waals surface area contributed by atoms with Crippen molar-refractivity contribution in [1.29, 1.82) is 0 Å². The number of fused-ring (bicyclic) bond motifs is 1. The average Bonchev–Trinajstić information content (AvgIpc) is 2.38. The lowest BCUT2D eigenvalue weighted by Gasteiger charge is -2.08. The van der Waals surface area contributed by atoms with Gasteiger partial charge in [0.25, 0.3) is 0 Å². The number of nitrogen functional groups attached to an aromatic ring is 1. The Morgan fingerprint density at radius 2 is 2.06 bits per heavy atom. The van der Waals surface area contributed by atoms with Gasteiger partial charge in [-0.3, -0.25) is 0 Å². The maximum Gasteiger partial charge on any atom is 0.141 e. The summed E-state index contributed by atoms with van der Waals surface area (Å²) < 4.78 is 0. The topological polar surface area (TPSA) is 77.8 Å². The van der Waals surface area contributed by atoms with Crippen molar-refractivity contribution < 1.29 is 0 Å². The quantitative estimate of drug-likeness (QED) is 0.862. The minimum atomic E-state index is 0.521. The molecule has 0 spiro atoms. The lowest BCUT2D eigenvalue weighted by Crippen LogP contribution is -2.13. The minimum Gasteiger partial charge on any atom is -0.383 e. The van der Waals surface area contributed by atoms with Gasteiger partial charge in [-0.15, -0.1) is 0 Å². The van der Waals surface area contributed by atoms with Crippen molar-refractivity contribution in [2.75, 3.05) is 18.0 Å². The maximum absolute atomic E-state index is 5.93. The lowest BCUT2D eigenvalue weighted by molar-refractivity contribution is 0.675. The highest BCUT2D eigenvalue weighted by Gasteiger charge is 2.06. The standard InChI is InChI=1S/C13H18N4S/c1-9(6-14)7-18-8-12-16-11-5-3-2-4-10(11)13(15)17-12/h2-5,9H,6-8,14H2,1H3,(H2,15,16,17). The number of nitrogens with zero attached hydrogens (tertiary/aromatic N) is 2. The van der Waals surface area contributed by atoms with Crippen molar-refractivity contribution in [3.8, 4) is 0 Å². The number of aromatic nitrogens is 2. The molecule has 4 N–H and O–H groups in total. The van der Waals surface area contributed by atoms with Crippen molar-refractivity contribution in [2.45, 2.75) is 12.7 Å². The van der Waals surface area contributed by atoms with E-state index >= 15 is 0 Å². The van der Waals surface area contributed by atoms with Gasteiger partial charge in [0.05, 0.1) is 11.3 Å². The molecule has 0 fully saturated rings. The van der Waals surface area contributed by atoms with E-state index in [1.807, 2.05) is 24.3 Å². The molecule has 0 saturated heterocycles. The van der Waals surface area contributed by atoms with Gasteiger partial charge in [0.2, 0.25) is 0 Å². The number of anilines is 1. The normalized spacial score (nSPS) is 12.8. The highest BCUT2D eigenvalue weighted by molar-refractivity contribution is 7.98. The predicted octanol–water partition coefficient (Wildman–Crippen LogP) is 2.04. The number of rotatable bonds is 5. The lowest BCUT2D eigenvalue weighted by atomic mass is 10.2. The number of hydrogen-bond acceptors (Lipinski definition) is 5. The first-order chi connectivity index (χ1) is 8.70. The molecule has 5 heteroatoms. The molecular formula is C13H18N4S. The van der Waals surface area contributed by atoms with Gasteiger partial charge in [-0.25, -0.2) is 9.97 Å². The van der Waals surface area contributed by atoms with Gasteiger partial charge in [-0.1, -0.05) is 19.1 Å². The van der Waals surface area contributed by atoms with Crippen LogP contribution in [0.4, 0.5) is 5.82 Å². The fourth-order valence-electron chi connectivity index (χ4n) is 1.64. The van der Waals surface area contributed by atoms with E-state index < -0.39 is 0 Å². The number of nitrogens with two attached hydrogens (primary N) is 2. The SMILES string of the molecule is CC(CN)CSCc1nc(N)c2ccccc2n1. The molecule has 18 heavy (non-hydrogen) atoms. The smallest absolute Gasteiger partial charge is 0.141 e. The van der Waals surface area contributed by atoms with Crippen LogP contribution in [0.15, 0.2) is 24.3 Å². The highest BCUT2D eigenvalue weighted by Crippen LogP contribution is 2.19. The van der Waals surface area contributed by atoms with E-state index in [0.29, 0.717) is 18.3 Å². The Hall–Kier alpha value is -1.33. The molecule has 1 atom stereocenters. The van der Waals surface area contributed by atoms with Crippen LogP contribution in [0.2, 0.25) is 0 Å². The van der Waals surface area contributed by atoms with Gasteiger partial charge in [-0.2, -0.15) is 11.8 Å². The summed E-state index contributed by atoms with van der Waals surface area (Å²) in [6, 6.07) is 7.81. The van der Waals surface area contributed by atoms with E-state index in [1.165, 1.54) is 0 Å². The first-order valence-electron chi connectivity index (χ1n) is 5.99. The molecule has 1 heterocycles. The second-order valence-corrected chi connectivity index (χ2v) is 5.43. The number of benzene rings is 1. The van der Waals surface area contributed by atoms with Gasteiger partial charge < -0.3 is 11.5 Å². The van der Waals surface area contributed by atoms with Crippen molar-refractivity contribution >= 4 is 28.5 Å². The van der Waals surface area contributed by atoms with Crippen LogP contribution in [0, 0.1) is 5.92 Å². The number of thioether (sulfide) groups is 1. The van der Waals surface area contributed by atoms with Crippen molar-refractivity contribution in [3.05, 3.63) is 30.1 Å². The molecule has 1 unspecified atom stereocenters. The van der Waals surface area contributed by atoms with Crippen LogP contribution in [0.3, 0.4) is 0 Å². The third-order valence-corrected chi connectivity index (χ3v) is 3.98. The van der Waals surface area contributed by atoms with Gasteiger partial charge in [0.1, 0.15) is 11.6 Å². The summed E-state index contributed by atoms with van der Waals surface area (Å²) in [5.41, 5.74) is 12.4. The molecule has 1 aromatic carbocycles. The summed E-state index contributed by atoms with van der Waals surface area (Å²) in [7, 11) is 0. The number of para-hydroxylation sites is 1. The summed E-state index contributed by atoms with van der Waals surface area (Å²) in [4.78, 5) is 8.85. The van der Waals surface area contributed by atoms with Crippen LogP contribution < -0.4 is 11.5 Å². The monoisotopic (exact) mass is 262 g/mol. The molecule has 0 radical (unpaired) electrons. The van der Waals surface area contributed by atoms with Crippen LogP contribution in [0.5, 0.6) is 0 Å². The zero-order chi connectivity index (χ0) is 13.0. The maximum atomic E-state index is 5.93. The van der Waals surface area contributed by atoms with E-state index in [-0.39, 0.29) is 0 Å². The Morgan fingerprint density at radius 1 is 1.28 bits per heavy atom. The Labute approximate surface area is 111 Å². The molecule has 0 saturated carbocycles. The van der Waals surface area contributed by atoms with E-state index in [9.17, 15) is 0 Å². The van der Waals surface area contributed by atoms with Crippen LogP contribution in [0.25, 0.3) is 10.9 Å². The molecular weight excluding hydrogens is 244 g/mol. The molecule has 0 amide bonds. The summed E-state index contributed by atoms with van der Waals surface area (Å²) in [6.45, 7) is 2.86. The highest BCUT2D eigenvalue weighted by atomic mass is 32.2. The fourth-order valence-corrected chi connectivity index (χ4v) is 2.60. The first kappa shape index (κ1) is 13.1. The minimum absolute atomic E-state index is 0.521. The molecule has 4 nitrogen and oxygen atoms in total. The molecule has 1 aromatic heterocycles. The third-order valence-electron chi connectivity index (χ3n) is 2.71. The van der Waals surface area contributed by atoms with Crippen LogP contribution in [-0.4, -0.2) is 22.3 Å². The Balaban J connectivity index is 2.10. The second kappa shape index (κ2) is 6.02. The predicted molar refractivity (Wildman–Crippen MR) is 78.3 cm³/mol. The van der Waals surface area contributed by atoms with Crippen molar-refractivity contribution in [1.82, 2.24) is 9.97 Å². The molecule has 0 bridgehead atoms. The van der Waals surface area contributed by atoms with E-state index in [2.05, 4.69) is 16.9 Å². The number of hydrogen-bond donors (Lipinski definition) is 2. The first-order valence-corrected chi connectivity index (χ1v) is 7.15. The van der Waals surface area contributed by atoms with Crippen molar-refractivity contribution in [3.63, 3.8) is 0 Å². The molecule has 2 rings (SSSR count). The fraction of sp³-hybridized carbons (Fsp3) is 0.385. The van der Waals surface area contributed by atoms with Gasteiger partial charge in [0.15, 0.2) is 0 Å². The third kappa shape index (κ3) is 3.11. The molecule has 2 aromatic rings. The summed E-state index contributed by atoms with van der Waals surface area (Å²) in [6.07, 6.45) is 0. The average molecular weight is 262 g/mol. The van der Waals surface area contributed by atoms with E-state index in [4.69, 9.17) is 11.5 Å². The van der Waals surface area contributed by atoms with Crippen LogP contribution >= 0.6 is 11.8 Å². The molecule has 0 aliphatic carbocycles. The van der Waals surface area contributed by atoms with Gasteiger partial charge in [-0.05, 0) is 30.3 Å². The Morgan fingerprint density at radius 3 is 2.83 bits per heavy atom. The second-order valence-electron chi connectivity index (χ2n) is 4.40. The molecule has 96 valence electrons. The summed E-state index contributed by atoms with van der Waals surface area (Å²) in [5.74, 6) is 3.67. The Kier molecular flexibility index (Phi) is 4.38. The summed E-state index contributed by atoms with van der Waals surface area (Å²) >= 11 is 1.80.